The lowest BCUT2D eigenvalue weighted by atomic mass is 9.73. The number of rotatable bonds is 4. The van der Waals surface area contributed by atoms with E-state index in [9.17, 15) is 14.4 Å². The van der Waals surface area contributed by atoms with Gasteiger partial charge in [0.25, 0.3) is 0 Å². The van der Waals surface area contributed by atoms with Crippen LogP contribution in [-0.4, -0.2) is 33.8 Å². The van der Waals surface area contributed by atoms with Crippen molar-refractivity contribution in [1.29, 1.82) is 0 Å². The smallest absolute Gasteiger partial charge is 0.303 e. The second kappa shape index (κ2) is 5.31. The number of aliphatic carboxylic acids is 1. The fourth-order valence-corrected chi connectivity index (χ4v) is 3.35. The highest BCUT2D eigenvalue weighted by atomic mass is 16.4. The molecule has 5 nitrogen and oxygen atoms in total. The maximum absolute atomic E-state index is 12.5. The van der Waals surface area contributed by atoms with Gasteiger partial charge in [0.2, 0.25) is 11.8 Å². The number of carbonyl (C=O) groups is 3. The number of amides is 2. The molecule has 0 aromatic rings. The molecule has 0 aromatic carbocycles. The molecule has 1 N–H and O–H groups in total. The van der Waals surface area contributed by atoms with Crippen molar-refractivity contribution >= 4 is 17.8 Å². The van der Waals surface area contributed by atoms with E-state index >= 15 is 0 Å². The van der Waals surface area contributed by atoms with Crippen LogP contribution in [0.2, 0.25) is 0 Å². The molecule has 19 heavy (non-hydrogen) atoms. The predicted molar refractivity (Wildman–Crippen MR) is 68.3 cm³/mol. The quantitative estimate of drug-likeness (QED) is 0.790. The number of likely N-dealkylation sites (tertiary alicyclic amines) is 1. The second-order valence-corrected chi connectivity index (χ2v) is 5.87. The third-order valence-electron chi connectivity index (χ3n) is 4.46. The number of carboxylic acid groups (broad SMARTS) is 1. The van der Waals surface area contributed by atoms with Gasteiger partial charge in [-0.15, -0.1) is 0 Å². The Morgan fingerprint density at radius 3 is 2.53 bits per heavy atom. The number of nitrogens with zero attached hydrogens (tertiary/aromatic N) is 1. The van der Waals surface area contributed by atoms with Gasteiger partial charge in [-0.3, -0.25) is 19.3 Å². The van der Waals surface area contributed by atoms with Crippen molar-refractivity contribution in [3.05, 3.63) is 0 Å². The highest BCUT2D eigenvalue weighted by Gasteiger charge is 2.52. The molecule has 2 amide bonds. The Balaban J connectivity index is 2.07. The predicted octanol–water partition coefficient (Wildman–Crippen LogP) is 1.95. The number of carboxylic acids is 1. The average Bonchev–Trinajstić information content (AvgIpc) is 2.59. The fraction of sp³-hybridized carbons (Fsp3) is 0.786. The third kappa shape index (κ3) is 2.65. The lowest BCUT2D eigenvalue weighted by Crippen LogP contribution is -2.42. The monoisotopic (exact) mass is 267 g/mol. The zero-order valence-electron chi connectivity index (χ0n) is 11.4. The Morgan fingerprint density at radius 2 is 1.95 bits per heavy atom. The van der Waals surface area contributed by atoms with Gasteiger partial charge in [-0.2, -0.15) is 0 Å². The standard InChI is InChI=1S/C14H21NO4/c1-10(5-6-12(17)18)15-11(16)9-14(13(15)19)7-3-2-4-8-14/h10H,2-9H2,1H3,(H,17,18). The normalized spacial score (nSPS) is 23.9. The van der Waals surface area contributed by atoms with Gasteiger partial charge in [-0.25, -0.2) is 0 Å². The van der Waals surface area contributed by atoms with E-state index in [4.69, 9.17) is 5.11 Å². The number of hydrogen-bond acceptors (Lipinski definition) is 3. The van der Waals surface area contributed by atoms with Gasteiger partial charge in [0.05, 0.1) is 5.41 Å². The van der Waals surface area contributed by atoms with Crippen molar-refractivity contribution < 1.29 is 19.5 Å². The maximum Gasteiger partial charge on any atom is 0.303 e. The van der Waals surface area contributed by atoms with Crippen LogP contribution in [0.3, 0.4) is 0 Å². The van der Waals surface area contributed by atoms with Crippen molar-refractivity contribution in [2.75, 3.05) is 0 Å². The molecular weight excluding hydrogens is 246 g/mol. The lowest BCUT2D eigenvalue weighted by Gasteiger charge is -2.31. The first-order valence-electron chi connectivity index (χ1n) is 7.04. The summed E-state index contributed by atoms with van der Waals surface area (Å²) in [6, 6.07) is -0.308. The number of imide groups is 1. The van der Waals surface area contributed by atoms with Crippen molar-refractivity contribution in [3.8, 4) is 0 Å². The molecule has 0 bridgehead atoms. The van der Waals surface area contributed by atoms with Crippen molar-refractivity contribution in [2.45, 2.75) is 64.3 Å². The van der Waals surface area contributed by atoms with Crippen LogP contribution < -0.4 is 0 Å². The van der Waals surface area contributed by atoms with Crippen LogP contribution in [0.5, 0.6) is 0 Å². The summed E-state index contributed by atoms with van der Waals surface area (Å²) in [5.74, 6) is -1.07. The van der Waals surface area contributed by atoms with Gasteiger partial charge >= 0.3 is 5.97 Å². The number of hydrogen-bond donors (Lipinski definition) is 1. The molecule has 2 aliphatic rings. The molecule has 1 atom stereocenters. The molecule has 0 aromatic heterocycles. The molecule has 1 saturated carbocycles. The van der Waals surface area contributed by atoms with E-state index in [0.29, 0.717) is 12.8 Å². The van der Waals surface area contributed by atoms with E-state index in [0.717, 1.165) is 32.1 Å². The Kier molecular flexibility index (Phi) is 3.92. The SMILES string of the molecule is CC(CCC(=O)O)N1C(=O)CC2(CCCCC2)C1=O. The Morgan fingerprint density at radius 1 is 1.32 bits per heavy atom. The lowest BCUT2D eigenvalue weighted by molar-refractivity contribution is -0.146. The van der Waals surface area contributed by atoms with Crippen molar-refractivity contribution in [2.24, 2.45) is 5.41 Å². The zero-order valence-corrected chi connectivity index (χ0v) is 11.4. The average molecular weight is 267 g/mol. The molecule has 1 saturated heterocycles. The molecule has 1 unspecified atom stereocenters. The maximum atomic E-state index is 12.5. The second-order valence-electron chi connectivity index (χ2n) is 5.87. The van der Waals surface area contributed by atoms with Gasteiger partial charge in [-0.05, 0) is 26.2 Å². The molecular formula is C14H21NO4. The minimum atomic E-state index is -0.890. The highest BCUT2D eigenvalue weighted by Crippen LogP contribution is 2.46. The molecule has 2 rings (SSSR count). The molecule has 1 aliphatic heterocycles. The zero-order chi connectivity index (χ0) is 14.0. The summed E-state index contributed by atoms with van der Waals surface area (Å²) in [5, 5.41) is 8.69. The fourth-order valence-electron chi connectivity index (χ4n) is 3.35. The summed E-state index contributed by atoms with van der Waals surface area (Å²) < 4.78 is 0. The Hall–Kier alpha value is -1.39. The van der Waals surface area contributed by atoms with Crippen LogP contribution in [-0.2, 0) is 14.4 Å². The van der Waals surface area contributed by atoms with Crippen LogP contribution in [0.4, 0.5) is 0 Å². The van der Waals surface area contributed by atoms with Crippen LogP contribution >= 0.6 is 0 Å². The van der Waals surface area contributed by atoms with Gasteiger partial charge in [0.15, 0.2) is 0 Å². The van der Waals surface area contributed by atoms with Crippen LogP contribution in [0.15, 0.2) is 0 Å². The first-order chi connectivity index (χ1) is 8.96. The summed E-state index contributed by atoms with van der Waals surface area (Å²) in [6.45, 7) is 1.76. The summed E-state index contributed by atoms with van der Waals surface area (Å²) >= 11 is 0. The first-order valence-corrected chi connectivity index (χ1v) is 7.04. The van der Waals surface area contributed by atoms with Gasteiger partial charge < -0.3 is 5.11 Å². The van der Waals surface area contributed by atoms with Gasteiger partial charge in [0.1, 0.15) is 0 Å². The third-order valence-corrected chi connectivity index (χ3v) is 4.46. The van der Waals surface area contributed by atoms with Crippen LogP contribution in [0, 0.1) is 5.41 Å². The molecule has 2 fully saturated rings. The summed E-state index contributed by atoms with van der Waals surface area (Å²) in [5.41, 5.74) is -0.465. The Labute approximate surface area is 113 Å². The van der Waals surface area contributed by atoms with Crippen molar-refractivity contribution in [3.63, 3.8) is 0 Å². The summed E-state index contributed by atoms with van der Waals surface area (Å²) in [4.78, 5) is 36.6. The van der Waals surface area contributed by atoms with E-state index < -0.39 is 11.4 Å². The van der Waals surface area contributed by atoms with Crippen LogP contribution in [0.1, 0.15) is 58.3 Å². The van der Waals surface area contributed by atoms with Crippen molar-refractivity contribution in [1.82, 2.24) is 4.90 Å². The number of carbonyl (C=O) groups excluding carboxylic acids is 2. The highest BCUT2D eigenvalue weighted by molar-refractivity contribution is 6.06. The first kappa shape index (κ1) is 14.0. The molecule has 5 heteroatoms. The van der Waals surface area contributed by atoms with E-state index in [2.05, 4.69) is 0 Å². The minimum Gasteiger partial charge on any atom is -0.481 e. The molecule has 1 aliphatic carbocycles. The molecule has 0 radical (unpaired) electrons. The van der Waals surface area contributed by atoms with Gasteiger partial charge in [0, 0.05) is 18.9 Å². The van der Waals surface area contributed by atoms with Crippen LogP contribution in [0.25, 0.3) is 0 Å². The van der Waals surface area contributed by atoms with E-state index in [1.165, 1.54) is 4.90 Å². The summed E-state index contributed by atoms with van der Waals surface area (Å²) in [6.07, 6.45) is 5.42. The van der Waals surface area contributed by atoms with E-state index in [1.807, 2.05) is 0 Å². The molecule has 1 heterocycles. The minimum absolute atomic E-state index is 0.00870. The molecule has 1 spiro atoms. The van der Waals surface area contributed by atoms with Gasteiger partial charge in [-0.1, -0.05) is 19.3 Å². The van der Waals surface area contributed by atoms with E-state index in [1.54, 1.807) is 6.92 Å². The summed E-state index contributed by atoms with van der Waals surface area (Å²) in [7, 11) is 0. The van der Waals surface area contributed by atoms with E-state index in [-0.39, 0.29) is 24.3 Å². The topological polar surface area (TPSA) is 74.7 Å². The largest absolute Gasteiger partial charge is 0.481 e. The molecule has 106 valence electrons. The Bertz CT molecular complexity index is 398.